The van der Waals surface area contributed by atoms with Gasteiger partial charge in [-0.3, -0.25) is 4.98 Å². The van der Waals surface area contributed by atoms with Crippen molar-refractivity contribution in [1.29, 1.82) is 0 Å². The van der Waals surface area contributed by atoms with Gasteiger partial charge in [0.2, 0.25) is 10.0 Å². The molecule has 6 nitrogen and oxygen atoms in total. The molecule has 3 rings (SSSR count). The minimum Gasteiger partial charge on any atom is -0.495 e. The predicted octanol–water partition coefficient (Wildman–Crippen LogP) is 2.46. The molecule has 0 bridgehead atoms. The molecule has 0 amide bonds. The number of hydrogen-bond donors (Lipinski definition) is 1. The fraction of sp³-hybridized carbons (Fsp3) is 0.389. The number of rotatable bonds is 4. The predicted molar refractivity (Wildman–Crippen MR) is 103 cm³/mol. The van der Waals surface area contributed by atoms with E-state index in [-0.39, 0.29) is 23.3 Å². The van der Waals surface area contributed by atoms with Gasteiger partial charge in [-0.05, 0) is 42.7 Å². The zero-order valence-corrected chi connectivity index (χ0v) is 16.7. The van der Waals surface area contributed by atoms with E-state index in [1.54, 1.807) is 22.8 Å². The fourth-order valence-electron chi connectivity index (χ4n) is 3.35. The zero-order chi connectivity index (χ0) is 18.0. The number of benzene rings is 1. The molecule has 1 unspecified atom stereocenters. The number of aryl methyl sites for hydroxylation is 2. The Morgan fingerprint density at radius 2 is 2.08 bits per heavy atom. The largest absolute Gasteiger partial charge is 0.495 e. The molecule has 1 fully saturated rings. The molecule has 0 saturated carbocycles. The van der Waals surface area contributed by atoms with Gasteiger partial charge in [0.1, 0.15) is 10.6 Å². The van der Waals surface area contributed by atoms with E-state index in [1.807, 2.05) is 32.0 Å². The van der Waals surface area contributed by atoms with Crippen LogP contribution >= 0.6 is 12.4 Å². The summed E-state index contributed by atoms with van der Waals surface area (Å²) in [5.74, 6) is 0.390. The number of piperazine rings is 1. The number of pyridine rings is 1. The van der Waals surface area contributed by atoms with Gasteiger partial charge in [-0.15, -0.1) is 12.4 Å². The maximum absolute atomic E-state index is 13.5. The van der Waals surface area contributed by atoms with Crippen LogP contribution in [0.25, 0.3) is 0 Å². The molecule has 0 spiro atoms. The molecule has 2 aromatic rings. The molecule has 26 heavy (non-hydrogen) atoms. The summed E-state index contributed by atoms with van der Waals surface area (Å²) in [4.78, 5) is 4.38. The van der Waals surface area contributed by atoms with Gasteiger partial charge >= 0.3 is 0 Å². The Bertz CT molecular complexity index is 859. The molecular weight excluding hydrogens is 374 g/mol. The standard InChI is InChI=1S/C18H23N3O3S.ClH/c1-13-9-14(2)18(17(10-13)24-3)25(22,23)21-8-7-20-12-16(21)15-5-4-6-19-11-15;/h4-6,9-11,16,20H,7-8,12H2,1-3H3;1H. The number of nitrogens with zero attached hydrogens (tertiary/aromatic N) is 2. The molecule has 142 valence electrons. The maximum Gasteiger partial charge on any atom is 0.247 e. The minimum atomic E-state index is -3.71. The Morgan fingerprint density at radius 1 is 1.31 bits per heavy atom. The van der Waals surface area contributed by atoms with Crippen molar-refractivity contribution in [1.82, 2.24) is 14.6 Å². The first-order valence-electron chi connectivity index (χ1n) is 8.23. The first-order chi connectivity index (χ1) is 11.9. The highest BCUT2D eigenvalue weighted by atomic mass is 35.5. The Hall–Kier alpha value is -1.67. The highest BCUT2D eigenvalue weighted by molar-refractivity contribution is 7.89. The number of aromatic nitrogens is 1. The lowest BCUT2D eigenvalue weighted by molar-refractivity contribution is 0.270. The van der Waals surface area contributed by atoms with Crippen LogP contribution in [-0.4, -0.2) is 44.5 Å². The van der Waals surface area contributed by atoms with Crippen LogP contribution in [0.4, 0.5) is 0 Å². The van der Waals surface area contributed by atoms with E-state index < -0.39 is 10.0 Å². The number of nitrogens with one attached hydrogen (secondary N) is 1. The second kappa shape index (κ2) is 8.35. The van der Waals surface area contributed by atoms with E-state index in [9.17, 15) is 8.42 Å². The highest BCUT2D eigenvalue weighted by Gasteiger charge is 2.37. The second-order valence-corrected chi connectivity index (χ2v) is 8.06. The first kappa shape index (κ1) is 20.6. The van der Waals surface area contributed by atoms with Crippen molar-refractivity contribution in [3.8, 4) is 5.75 Å². The van der Waals surface area contributed by atoms with Gasteiger partial charge in [-0.2, -0.15) is 4.31 Å². The van der Waals surface area contributed by atoms with Gasteiger partial charge in [0, 0.05) is 32.0 Å². The van der Waals surface area contributed by atoms with E-state index >= 15 is 0 Å². The number of sulfonamides is 1. The lowest BCUT2D eigenvalue weighted by Gasteiger charge is -2.35. The van der Waals surface area contributed by atoms with Crippen molar-refractivity contribution in [2.75, 3.05) is 26.7 Å². The summed E-state index contributed by atoms with van der Waals surface area (Å²) in [6.45, 7) is 5.30. The van der Waals surface area contributed by atoms with E-state index in [0.29, 0.717) is 30.9 Å². The van der Waals surface area contributed by atoms with Gasteiger partial charge in [0.15, 0.2) is 0 Å². The lowest BCUT2D eigenvalue weighted by Crippen LogP contribution is -2.48. The number of methoxy groups -OCH3 is 1. The molecule has 8 heteroatoms. The number of halogens is 1. The molecule has 1 aliphatic rings. The smallest absolute Gasteiger partial charge is 0.247 e. The molecule has 1 aromatic carbocycles. The SMILES string of the molecule is COc1cc(C)cc(C)c1S(=O)(=O)N1CCNCC1c1cccnc1.Cl. The molecule has 0 aliphatic carbocycles. The van der Waals surface area contributed by atoms with Gasteiger partial charge in [-0.1, -0.05) is 12.1 Å². The Morgan fingerprint density at radius 3 is 2.73 bits per heavy atom. The molecular formula is C18H24ClN3O3S. The Balaban J connectivity index is 0.00000243. The van der Waals surface area contributed by atoms with Crippen LogP contribution in [0.5, 0.6) is 5.75 Å². The summed E-state index contributed by atoms with van der Waals surface area (Å²) in [6.07, 6.45) is 3.41. The molecule has 1 saturated heterocycles. The Labute approximate surface area is 161 Å². The molecule has 1 N–H and O–H groups in total. The molecule has 1 aromatic heterocycles. The number of hydrogen-bond acceptors (Lipinski definition) is 5. The van der Waals surface area contributed by atoms with Gasteiger partial charge in [0.05, 0.1) is 13.2 Å². The van der Waals surface area contributed by atoms with Crippen LogP contribution < -0.4 is 10.1 Å². The summed E-state index contributed by atoms with van der Waals surface area (Å²) in [7, 11) is -2.21. The summed E-state index contributed by atoms with van der Waals surface area (Å²) < 4.78 is 33.9. The Kier molecular flexibility index (Phi) is 6.63. The normalized spacial score (nSPS) is 18.2. The lowest BCUT2D eigenvalue weighted by atomic mass is 10.1. The third-order valence-corrected chi connectivity index (χ3v) is 6.53. The van der Waals surface area contributed by atoms with Crippen LogP contribution in [0.15, 0.2) is 41.6 Å². The highest BCUT2D eigenvalue weighted by Crippen LogP contribution is 2.35. The molecule has 2 heterocycles. The van der Waals surface area contributed by atoms with Crippen molar-refractivity contribution in [3.63, 3.8) is 0 Å². The monoisotopic (exact) mass is 397 g/mol. The third kappa shape index (κ3) is 3.86. The average molecular weight is 398 g/mol. The van der Waals surface area contributed by atoms with E-state index in [1.165, 1.54) is 7.11 Å². The zero-order valence-electron chi connectivity index (χ0n) is 15.1. The van der Waals surface area contributed by atoms with E-state index in [2.05, 4.69) is 10.3 Å². The van der Waals surface area contributed by atoms with Crippen molar-refractivity contribution in [2.24, 2.45) is 0 Å². The minimum absolute atomic E-state index is 0. The second-order valence-electron chi connectivity index (χ2n) is 6.24. The van der Waals surface area contributed by atoms with Gasteiger partial charge < -0.3 is 10.1 Å². The van der Waals surface area contributed by atoms with Gasteiger partial charge in [-0.25, -0.2) is 8.42 Å². The van der Waals surface area contributed by atoms with Crippen LogP contribution in [0, 0.1) is 13.8 Å². The van der Waals surface area contributed by atoms with Crippen molar-refractivity contribution >= 4 is 22.4 Å². The van der Waals surface area contributed by atoms with Crippen molar-refractivity contribution in [3.05, 3.63) is 53.3 Å². The number of ether oxygens (including phenoxy) is 1. The average Bonchev–Trinajstić information content (AvgIpc) is 2.61. The van der Waals surface area contributed by atoms with E-state index in [0.717, 1.165) is 11.1 Å². The molecule has 1 atom stereocenters. The topological polar surface area (TPSA) is 71.5 Å². The van der Waals surface area contributed by atoms with Crippen molar-refractivity contribution in [2.45, 2.75) is 24.8 Å². The van der Waals surface area contributed by atoms with Crippen LogP contribution in [-0.2, 0) is 10.0 Å². The molecule has 1 aliphatic heterocycles. The van der Waals surface area contributed by atoms with Crippen LogP contribution in [0.3, 0.4) is 0 Å². The first-order valence-corrected chi connectivity index (χ1v) is 9.67. The van der Waals surface area contributed by atoms with Crippen molar-refractivity contribution < 1.29 is 13.2 Å². The third-order valence-electron chi connectivity index (χ3n) is 4.43. The van der Waals surface area contributed by atoms with E-state index in [4.69, 9.17) is 4.74 Å². The fourth-order valence-corrected chi connectivity index (χ4v) is 5.31. The van der Waals surface area contributed by atoms with Gasteiger partial charge in [0.25, 0.3) is 0 Å². The summed E-state index contributed by atoms with van der Waals surface area (Å²) in [5, 5.41) is 3.27. The van der Waals surface area contributed by atoms with Crippen LogP contribution in [0.2, 0.25) is 0 Å². The molecule has 0 radical (unpaired) electrons. The summed E-state index contributed by atoms with van der Waals surface area (Å²) in [6, 6.07) is 7.08. The summed E-state index contributed by atoms with van der Waals surface area (Å²) >= 11 is 0. The maximum atomic E-state index is 13.5. The summed E-state index contributed by atoms with van der Waals surface area (Å²) in [5.41, 5.74) is 2.54. The van der Waals surface area contributed by atoms with Crippen LogP contribution in [0.1, 0.15) is 22.7 Å². The quantitative estimate of drug-likeness (QED) is 0.858.